The summed E-state index contributed by atoms with van der Waals surface area (Å²) in [5.41, 5.74) is 2.62. The Labute approximate surface area is 148 Å². The third-order valence-electron chi connectivity index (χ3n) is 4.80. The van der Waals surface area contributed by atoms with Crippen molar-refractivity contribution in [1.29, 1.82) is 0 Å². The molecule has 0 N–H and O–H groups in total. The Kier molecular flexibility index (Phi) is 4.84. The number of hydrogen-bond acceptors (Lipinski definition) is 4. The number of benzene rings is 1. The number of hydrogen-bond donors (Lipinski definition) is 0. The summed E-state index contributed by atoms with van der Waals surface area (Å²) in [6.07, 6.45) is 6.69. The van der Waals surface area contributed by atoms with Gasteiger partial charge in [0, 0.05) is 51.4 Å². The smallest absolute Gasteiger partial charge is 0.134 e. The molecule has 0 fully saturated rings. The minimum atomic E-state index is 0.944. The summed E-state index contributed by atoms with van der Waals surface area (Å²) < 4.78 is 2.33. The maximum absolute atomic E-state index is 4.45. The van der Waals surface area contributed by atoms with Crippen molar-refractivity contribution in [3.8, 4) is 0 Å². The molecule has 3 aromatic rings. The molecule has 0 atom stereocenters. The molecule has 0 saturated carbocycles. The number of rotatable bonds is 5. The van der Waals surface area contributed by atoms with E-state index in [0.29, 0.717) is 0 Å². The molecule has 0 unspecified atom stereocenters. The fraction of sp³-hybridized carbons (Fsp3) is 0.350. The van der Waals surface area contributed by atoms with Gasteiger partial charge < -0.3 is 4.57 Å². The highest BCUT2D eigenvalue weighted by atomic mass is 15.3. The molecular weight excluding hydrogens is 310 g/mol. The van der Waals surface area contributed by atoms with Crippen molar-refractivity contribution >= 4 is 0 Å². The van der Waals surface area contributed by atoms with Gasteiger partial charge in [-0.05, 0) is 23.6 Å². The number of aromatic nitrogens is 4. The first-order chi connectivity index (χ1) is 12.4. The first-order valence-corrected chi connectivity index (χ1v) is 8.94. The largest absolute Gasteiger partial charge is 0.314 e. The topological polar surface area (TPSA) is 46.8 Å². The number of nitrogens with zero attached hydrogens (tertiary/aromatic N) is 5. The minimum absolute atomic E-state index is 0.944. The Morgan fingerprint density at radius 1 is 0.840 bits per heavy atom. The van der Waals surface area contributed by atoms with Gasteiger partial charge in [0.2, 0.25) is 0 Å². The summed E-state index contributed by atoms with van der Waals surface area (Å²) in [5.74, 6) is 2.24. The third kappa shape index (κ3) is 3.94. The van der Waals surface area contributed by atoms with Crippen LogP contribution in [-0.4, -0.2) is 37.7 Å². The monoisotopic (exact) mass is 333 g/mol. The molecule has 4 rings (SSSR count). The summed E-state index contributed by atoms with van der Waals surface area (Å²) >= 11 is 0. The van der Waals surface area contributed by atoms with Gasteiger partial charge >= 0.3 is 0 Å². The summed E-state index contributed by atoms with van der Waals surface area (Å²) in [6, 6.07) is 14.7. The van der Waals surface area contributed by atoms with Gasteiger partial charge in [0.05, 0.1) is 0 Å². The lowest BCUT2D eigenvalue weighted by Gasteiger charge is -2.19. The zero-order valence-electron chi connectivity index (χ0n) is 14.4. The van der Waals surface area contributed by atoms with E-state index in [1.165, 1.54) is 11.1 Å². The first-order valence-electron chi connectivity index (χ1n) is 8.94. The van der Waals surface area contributed by atoms with Crippen molar-refractivity contribution < 1.29 is 0 Å². The highest BCUT2D eigenvalue weighted by Crippen LogP contribution is 2.14. The Balaban J connectivity index is 1.39. The Morgan fingerprint density at radius 2 is 1.72 bits per heavy atom. The molecule has 0 bridgehead atoms. The summed E-state index contributed by atoms with van der Waals surface area (Å²) in [4.78, 5) is 6.69. The van der Waals surface area contributed by atoms with Gasteiger partial charge in [0.15, 0.2) is 0 Å². The van der Waals surface area contributed by atoms with E-state index in [-0.39, 0.29) is 0 Å². The lowest BCUT2D eigenvalue weighted by molar-refractivity contribution is 0.270. The molecule has 0 saturated heterocycles. The summed E-state index contributed by atoms with van der Waals surface area (Å²) in [5, 5.41) is 8.89. The van der Waals surface area contributed by atoms with Crippen LogP contribution in [-0.2, 0) is 32.4 Å². The normalized spacial score (nSPS) is 14.9. The molecule has 2 aromatic heterocycles. The quantitative estimate of drug-likeness (QED) is 0.720. The molecule has 1 aliphatic rings. The number of fused-ring (bicyclic) bond motifs is 1. The zero-order chi connectivity index (χ0) is 16.9. The van der Waals surface area contributed by atoms with Crippen LogP contribution in [0.1, 0.15) is 22.8 Å². The van der Waals surface area contributed by atoms with Gasteiger partial charge in [0.1, 0.15) is 11.6 Å². The van der Waals surface area contributed by atoms with E-state index in [1.54, 1.807) is 0 Å². The van der Waals surface area contributed by atoms with Gasteiger partial charge in [-0.3, -0.25) is 9.88 Å². The van der Waals surface area contributed by atoms with Crippen LogP contribution in [0.25, 0.3) is 0 Å². The molecule has 5 nitrogen and oxygen atoms in total. The van der Waals surface area contributed by atoms with E-state index < -0.39 is 0 Å². The number of aryl methyl sites for hydroxylation is 2. The lowest BCUT2D eigenvalue weighted by atomic mass is 10.1. The Bertz CT molecular complexity index is 797. The van der Waals surface area contributed by atoms with Gasteiger partial charge in [-0.15, -0.1) is 10.2 Å². The van der Waals surface area contributed by atoms with E-state index >= 15 is 0 Å². The van der Waals surface area contributed by atoms with E-state index in [4.69, 9.17) is 0 Å². The van der Waals surface area contributed by atoms with Crippen LogP contribution in [0.5, 0.6) is 0 Å². The summed E-state index contributed by atoms with van der Waals surface area (Å²) in [6.45, 7) is 3.96. The molecule has 128 valence electrons. The van der Waals surface area contributed by atoms with E-state index in [1.807, 2.05) is 18.5 Å². The zero-order valence-corrected chi connectivity index (χ0v) is 14.4. The van der Waals surface area contributed by atoms with Crippen LogP contribution in [0, 0.1) is 0 Å². The van der Waals surface area contributed by atoms with Crippen molar-refractivity contribution in [2.45, 2.75) is 32.4 Å². The maximum Gasteiger partial charge on any atom is 0.134 e. The standard InChI is InChI=1S/C20H23N5/c1-2-5-17(6-3-1)8-9-19-22-23-20-10-12-24(13-14-25(19)20)16-18-7-4-11-21-15-18/h1-7,11,15H,8-10,12-14,16H2. The molecule has 0 amide bonds. The highest BCUT2D eigenvalue weighted by Gasteiger charge is 2.18. The summed E-state index contributed by atoms with van der Waals surface area (Å²) in [7, 11) is 0. The Morgan fingerprint density at radius 3 is 2.56 bits per heavy atom. The van der Waals surface area contributed by atoms with Crippen LogP contribution in [0.15, 0.2) is 54.9 Å². The average molecular weight is 333 g/mol. The van der Waals surface area contributed by atoms with Crippen LogP contribution in [0.2, 0.25) is 0 Å². The number of pyridine rings is 1. The lowest BCUT2D eigenvalue weighted by Crippen LogP contribution is -2.26. The molecule has 3 heterocycles. The highest BCUT2D eigenvalue weighted by molar-refractivity contribution is 5.16. The van der Waals surface area contributed by atoms with Crippen molar-refractivity contribution in [1.82, 2.24) is 24.6 Å². The second-order valence-electron chi connectivity index (χ2n) is 6.56. The van der Waals surface area contributed by atoms with Crippen molar-refractivity contribution in [2.24, 2.45) is 0 Å². The average Bonchev–Trinajstić information content (AvgIpc) is 2.95. The van der Waals surface area contributed by atoms with E-state index in [0.717, 1.165) is 57.1 Å². The van der Waals surface area contributed by atoms with Gasteiger partial charge in [0.25, 0.3) is 0 Å². The predicted molar refractivity (Wildman–Crippen MR) is 97.1 cm³/mol. The molecular formula is C20H23N5. The van der Waals surface area contributed by atoms with Crippen molar-refractivity contribution in [3.63, 3.8) is 0 Å². The van der Waals surface area contributed by atoms with Crippen LogP contribution >= 0.6 is 0 Å². The van der Waals surface area contributed by atoms with Gasteiger partial charge in [-0.2, -0.15) is 0 Å². The molecule has 0 radical (unpaired) electrons. The van der Waals surface area contributed by atoms with E-state index in [9.17, 15) is 0 Å². The van der Waals surface area contributed by atoms with Crippen LogP contribution < -0.4 is 0 Å². The molecule has 25 heavy (non-hydrogen) atoms. The molecule has 1 aromatic carbocycles. The van der Waals surface area contributed by atoms with Crippen LogP contribution in [0.3, 0.4) is 0 Å². The van der Waals surface area contributed by atoms with Crippen molar-refractivity contribution in [2.75, 3.05) is 13.1 Å². The Hall–Kier alpha value is -2.53. The molecule has 1 aliphatic heterocycles. The first kappa shape index (κ1) is 16.0. The molecule has 5 heteroatoms. The maximum atomic E-state index is 4.45. The molecule has 0 spiro atoms. The predicted octanol–water partition coefficient (Wildman–Crippen LogP) is 2.52. The van der Waals surface area contributed by atoms with Gasteiger partial charge in [-0.25, -0.2) is 0 Å². The second-order valence-corrected chi connectivity index (χ2v) is 6.56. The SMILES string of the molecule is c1ccc(CCc2nnc3n2CCN(Cc2cccnc2)CC3)cc1. The minimum Gasteiger partial charge on any atom is -0.314 e. The fourth-order valence-corrected chi connectivity index (χ4v) is 3.42. The third-order valence-corrected chi connectivity index (χ3v) is 4.80. The van der Waals surface area contributed by atoms with Crippen molar-refractivity contribution in [3.05, 3.63) is 77.6 Å². The fourth-order valence-electron chi connectivity index (χ4n) is 3.42. The second kappa shape index (κ2) is 7.57. The molecule has 0 aliphatic carbocycles. The van der Waals surface area contributed by atoms with E-state index in [2.05, 4.69) is 61.0 Å². The van der Waals surface area contributed by atoms with Gasteiger partial charge in [-0.1, -0.05) is 36.4 Å². The van der Waals surface area contributed by atoms with Crippen LogP contribution in [0.4, 0.5) is 0 Å².